The number of hydrogen-bond donors (Lipinski definition) is 2. The van der Waals surface area contributed by atoms with Crippen molar-refractivity contribution in [1.29, 1.82) is 0 Å². The zero-order valence-corrected chi connectivity index (χ0v) is 20.2. The highest BCUT2D eigenvalue weighted by molar-refractivity contribution is 5.73. The minimum Gasteiger partial charge on any atom is -0.486 e. The Kier molecular flexibility index (Phi) is 11.0. The van der Waals surface area contributed by atoms with Crippen LogP contribution in [-0.4, -0.2) is 75.8 Å². The first-order chi connectivity index (χ1) is 18.1. The Hall–Kier alpha value is -3.46. The maximum Gasteiger partial charge on any atom is 0.490 e. The molecule has 15 heteroatoms. The molecule has 39 heavy (non-hydrogen) atoms. The second-order valence-corrected chi connectivity index (χ2v) is 8.64. The van der Waals surface area contributed by atoms with Crippen molar-refractivity contribution in [2.24, 2.45) is 0 Å². The molecule has 3 heterocycles. The molecule has 0 bridgehead atoms. The van der Waals surface area contributed by atoms with E-state index in [0.717, 1.165) is 50.2 Å². The van der Waals surface area contributed by atoms with Crippen molar-refractivity contribution in [3.8, 4) is 5.75 Å². The number of benzene rings is 1. The van der Waals surface area contributed by atoms with Gasteiger partial charge in [-0.2, -0.15) is 26.3 Å². The molecular weight excluding hydrogens is 545 g/mol. The third-order valence-corrected chi connectivity index (χ3v) is 5.68. The lowest BCUT2D eigenvalue weighted by molar-refractivity contribution is -0.193. The molecule has 2 saturated heterocycles. The summed E-state index contributed by atoms with van der Waals surface area (Å²) in [6.07, 6.45) is -3.60. The first kappa shape index (κ1) is 31.8. The summed E-state index contributed by atoms with van der Waals surface area (Å²) in [5.74, 6) is -4.89. The average Bonchev–Trinajstić information content (AvgIpc) is 3.24. The molecule has 0 radical (unpaired) electrons. The van der Waals surface area contributed by atoms with Crippen LogP contribution >= 0.6 is 0 Å². The molecule has 2 aliphatic rings. The molecule has 4 rings (SSSR count). The van der Waals surface area contributed by atoms with Crippen LogP contribution in [0.4, 0.5) is 30.7 Å². The van der Waals surface area contributed by atoms with Gasteiger partial charge in [0, 0.05) is 32.3 Å². The van der Waals surface area contributed by atoms with Crippen LogP contribution in [0.25, 0.3) is 0 Å². The van der Waals surface area contributed by atoms with Crippen molar-refractivity contribution in [3.63, 3.8) is 0 Å². The summed E-state index contributed by atoms with van der Waals surface area (Å²) >= 11 is 0. The third-order valence-electron chi connectivity index (χ3n) is 5.68. The van der Waals surface area contributed by atoms with E-state index in [1.54, 1.807) is 12.4 Å². The van der Waals surface area contributed by atoms with Gasteiger partial charge in [-0.25, -0.2) is 14.0 Å². The van der Waals surface area contributed by atoms with Crippen LogP contribution in [-0.2, 0) is 20.9 Å². The number of pyridine rings is 1. The number of aromatic nitrogens is 1. The van der Waals surface area contributed by atoms with Crippen molar-refractivity contribution in [3.05, 3.63) is 60.2 Å². The monoisotopic (exact) mass is 570 g/mol. The summed E-state index contributed by atoms with van der Waals surface area (Å²) in [7, 11) is 0. The molecule has 2 aliphatic heterocycles. The fourth-order valence-corrected chi connectivity index (χ4v) is 3.80. The Morgan fingerprint density at radius 2 is 1.54 bits per heavy atom. The number of aliphatic carboxylic acids is 2. The Labute approximate surface area is 218 Å². The molecule has 0 amide bonds. The molecule has 1 aromatic heterocycles. The maximum absolute atomic E-state index is 13.0. The highest BCUT2D eigenvalue weighted by Gasteiger charge is 2.43. The van der Waals surface area contributed by atoms with Gasteiger partial charge in [0.05, 0.1) is 18.4 Å². The summed E-state index contributed by atoms with van der Waals surface area (Å²) in [6.45, 7) is 3.51. The SMILES string of the molecule is Fc1ccc(CN2CCC3(CC2)CC(Oc2cccnc2)CO3)cc1.O=C(O)C(F)(F)F.O=C(O)C(F)(F)F. The van der Waals surface area contributed by atoms with E-state index in [0.29, 0.717) is 6.61 Å². The highest BCUT2D eigenvalue weighted by atomic mass is 19.4. The Balaban J connectivity index is 0.000000317. The highest BCUT2D eigenvalue weighted by Crippen LogP contribution is 2.37. The van der Waals surface area contributed by atoms with Gasteiger partial charge in [-0.1, -0.05) is 12.1 Å². The van der Waals surface area contributed by atoms with E-state index in [4.69, 9.17) is 29.3 Å². The van der Waals surface area contributed by atoms with E-state index in [2.05, 4.69) is 9.88 Å². The van der Waals surface area contributed by atoms with Crippen LogP contribution < -0.4 is 4.74 Å². The molecule has 2 fully saturated rings. The van der Waals surface area contributed by atoms with Crippen LogP contribution in [0.2, 0.25) is 0 Å². The van der Waals surface area contributed by atoms with E-state index in [1.165, 1.54) is 12.1 Å². The second kappa shape index (κ2) is 13.6. The lowest BCUT2D eigenvalue weighted by Gasteiger charge is -2.38. The van der Waals surface area contributed by atoms with E-state index in [-0.39, 0.29) is 17.5 Å². The molecule has 1 spiro atoms. The van der Waals surface area contributed by atoms with Crippen LogP contribution in [0.5, 0.6) is 5.75 Å². The normalized spacial score (nSPS) is 18.8. The number of ether oxygens (including phenoxy) is 2. The van der Waals surface area contributed by atoms with Gasteiger partial charge in [0.2, 0.25) is 0 Å². The van der Waals surface area contributed by atoms with Gasteiger partial charge in [-0.15, -0.1) is 0 Å². The second-order valence-electron chi connectivity index (χ2n) is 8.64. The van der Waals surface area contributed by atoms with Gasteiger partial charge < -0.3 is 19.7 Å². The Morgan fingerprint density at radius 3 is 2.00 bits per heavy atom. The molecule has 1 aromatic carbocycles. The number of carboxylic acids is 2. The lowest BCUT2D eigenvalue weighted by atomic mass is 9.88. The zero-order chi connectivity index (χ0) is 29.3. The summed E-state index contributed by atoms with van der Waals surface area (Å²) in [5, 5.41) is 14.2. The molecule has 216 valence electrons. The first-order valence-electron chi connectivity index (χ1n) is 11.4. The number of piperidine rings is 1. The molecule has 2 N–H and O–H groups in total. The zero-order valence-electron chi connectivity index (χ0n) is 20.2. The van der Waals surface area contributed by atoms with Gasteiger partial charge in [0.1, 0.15) is 17.7 Å². The quantitative estimate of drug-likeness (QED) is 0.510. The van der Waals surface area contributed by atoms with Crippen LogP contribution in [0.1, 0.15) is 24.8 Å². The molecule has 1 atom stereocenters. The van der Waals surface area contributed by atoms with E-state index in [1.807, 2.05) is 24.3 Å². The minimum absolute atomic E-state index is 0.0494. The fraction of sp³-hybridized carbons (Fsp3) is 0.458. The summed E-state index contributed by atoms with van der Waals surface area (Å²) in [4.78, 5) is 24.3. The minimum atomic E-state index is -5.08. The lowest BCUT2D eigenvalue weighted by Crippen LogP contribution is -2.44. The molecule has 1 unspecified atom stereocenters. The number of nitrogens with zero attached hydrogens (tertiary/aromatic N) is 2. The van der Waals surface area contributed by atoms with Crippen molar-refractivity contribution < 1.29 is 60.0 Å². The maximum atomic E-state index is 13.0. The molecular formula is C24H25F7N2O6. The average molecular weight is 570 g/mol. The van der Waals surface area contributed by atoms with Crippen LogP contribution in [0.3, 0.4) is 0 Å². The first-order valence-corrected chi connectivity index (χ1v) is 11.4. The van der Waals surface area contributed by atoms with Crippen molar-refractivity contribution in [2.75, 3.05) is 19.7 Å². The Bertz CT molecular complexity index is 1030. The van der Waals surface area contributed by atoms with Gasteiger partial charge in [-0.05, 0) is 42.7 Å². The largest absolute Gasteiger partial charge is 0.490 e. The van der Waals surface area contributed by atoms with Crippen molar-refractivity contribution in [1.82, 2.24) is 9.88 Å². The number of rotatable bonds is 4. The number of carboxylic acid groups (broad SMARTS) is 2. The molecule has 8 nitrogen and oxygen atoms in total. The molecule has 0 saturated carbocycles. The standard InChI is InChI=1S/C20H23FN2O2.2C2HF3O2/c21-17-5-3-16(4-6-17)14-23-10-7-20(8-11-23)12-19(15-24-20)25-18-2-1-9-22-13-18;2*3-2(4,5)1(6)7/h1-6,9,13,19H,7-8,10-12,14-15H2;2*(H,6,7). The van der Waals surface area contributed by atoms with Gasteiger partial charge in [-0.3, -0.25) is 9.88 Å². The van der Waals surface area contributed by atoms with Crippen LogP contribution in [0.15, 0.2) is 48.8 Å². The smallest absolute Gasteiger partial charge is 0.486 e. The van der Waals surface area contributed by atoms with E-state index in [9.17, 15) is 30.7 Å². The van der Waals surface area contributed by atoms with Crippen molar-refractivity contribution in [2.45, 2.75) is 49.9 Å². The predicted molar refractivity (Wildman–Crippen MR) is 120 cm³/mol. The number of alkyl halides is 6. The third kappa shape index (κ3) is 11.0. The number of hydrogen-bond acceptors (Lipinski definition) is 6. The van der Waals surface area contributed by atoms with Crippen LogP contribution in [0, 0.1) is 5.82 Å². The topological polar surface area (TPSA) is 109 Å². The van der Waals surface area contributed by atoms with Gasteiger partial charge in [0.15, 0.2) is 0 Å². The molecule has 0 aliphatic carbocycles. The van der Waals surface area contributed by atoms with E-state index >= 15 is 0 Å². The predicted octanol–water partition coefficient (Wildman–Crippen LogP) is 4.69. The van der Waals surface area contributed by atoms with Gasteiger partial charge in [0.25, 0.3) is 0 Å². The summed E-state index contributed by atoms with van der Waals surface area (Å²) in [6, 6.07) is 10.6. The van der Waals surface area contributed by atoms with Gasteiger partial charge >= 0.3 is 24.3 Å². The van der Waals surface area contributed by atoms with E-state index < -0.39 is 24.3 Å². The van der Waals surface area contributed by atoms with Crippen molar-refractivity contribution >= 4 is 11.9 Å². The number of carbonyl (C=O) groups is 2. The number of halogens is 7. The number of likely N-dealkylation sites (tertiary alicyclic amines) is 1. The fourth-order valence-electron chi connectivity index (χ4n) is 3.80. The summed E-state index contributed by atoms with van der Waals surface area (Å²) < 4.78 is 88.6. The Morgan fingerprint density at radius 1 is 1.00 bits per heavy atom. The summed E-state index contributed by atoms with van der Waals surface area (Å²) in [5.41, 5.74) is 1.11. The molecule has 2 aromatic rings.